The molecular formula is C22H23N5O2S2. The number of ether oxygens (including phenoxy) is 1. The molecule has 1 atom stereocenters. The molecular weight excluding hydrogens is 430 g/mol. The van der Waals surface area contributed by atoms with Gasteiger partial charge < -0.3 is 15.0 Å². The Morgan fingerprint density at radius 2 is 2.23 bits per heavy atom. The Labute approximate surface area is 188 Å². The summed E-state index contributed by atoms with van der Waals surface area (Å²) in [6, 6.07) is 12.2. The van der Waals surface area contributed by atoms with E-state index < -0.39 is 0 Å². The highest BCUT2D eigenvalue weighted by molar-refractivity contribution is 7.99. The van der Waals surface area contributed by atoms with Gasteiger partial charge in [-0.05, 0) is 30.4 Å². The fraction of sp³-hybridized carbons (Fsp3) is 0.318. The molecule has 9 heteroatoms. The number of nitrogens with one attached hydrogen (secondary N) is 2. The van der Waals surface area contributed by atoms with Crippen LogP contribution in [0.1, 0.15) is 17.7 Å². The third-order valence-electron chi connectivity index (χ3n) is 5.33. The summed E-state index contributed by atoms with van der Waals surface area (Å²) in [5.74, 6) is 1.08. The number of para-hydroxylation sites is 1. The summed E-state index contributed by atoms with van der Waals surface area (Å²) in [7, 11) is 0. The number of aromatic nitrogens is 4. The van der Waals surface area contributed by atoms with Crippen LogP contribution in [0.4, 0.5) is 0 Å². The predicted octanol–water partition coefficient (Wildman–Crippen LogP) is 4.08. The molecule has 0 spiro atoms. The maximum Gasteiger partial charge on any atom is 0.230 e. The Morgan fingerprint density at radius 3 is 3.06 bits per heavy atom. The van der Waals surface area contributed by atoms with E-state index in [9.17, 15) is 4.79 Å². The summed E-state index contributed by atoms with van der Waals surface area (Å²) >= 11 is 3.05. The Kier molecular flexibility index (Phi) is 6.06. The zero-order chi connectivity index (χ0) is 21.0. The van der Waals surface area contributed by atoms with Crippen molar-refractivity contribution in [2.45, 2.75) is 37.2 Å². The van der Waals surface area contributed by atoms with Crippen molar-refractivity contribution in [1.29, 1.82) is 0 Å². The number of carbonyl (C=O) groups is 1. The van der Waals surface area contributed by atoms with Crippen LogP contribution in [0.25, 0.3) is 22.3 Å². The molecule has 1 amide bonds. The second kappa shape index (κ2) is 9.25. The van der Waals surface area contributed by atoms with Crippen LogP contribution in [0.2, 0.25) is 0 Å². The number of thioether (sulfide) groups is 1. The van der Waals surface area contributed by atoms with Crippen LogP contribution < -0.4 is 5.32 Å². The molecule has 0 bridgehead atoms. The summed E-state index contributed by atoms with van der Waals surface area (Å²) in [5, 5.41) is 15.8. The van der Waals surface area contributed by atoms with Crippen LogP contribution in [0, 0.1) is 0 Å². The largest absolute Gasteiger partial charge is 0.376 e. The van der Waals surface area contributed by atoms with Crippen molar-refractivity contribution in [3.05, 3.63) is 52.9 Å². The lowest BCUT2D eigenvalue weighted by Gasteiger charge is -2.14. The third-order valence-corrected chi connectivity index (χ3v) is 7.17. The predicted molar refractivity (Wildman–Crippen MR) is 123 cm³/mol. The smallest absolute Gasteiger partial charge is 0.230 e. The Hall–Kier alpha value is -2.62. The van der Waals surface area contributed by atoms with Crippen LogP contribution in [0.3, 0.4) is 0 Å². The third kappa shape index (κ3) is 4.53. The molecule has 4 aromatic rings. The molecule has 2 N–H and O–H groups in total. The topological polar surface area (TPSA) is 84.8 Å². The van der Waals surface area contributed by atoms with E-state index in [1.54, 1.807) is 11.3 Å². The van der Waals surface area contributed by atoms with Crippen LogP contribution in [-0.4, -0.2) is 44.1 Å². The number of hydrogen-bond donors (Lipinski definition) is 2. The van der Waals surface area contributed by atoms with Gasteiger partial charge in [0.1, 0.15) is 0 Å². The second-order valence-electron chi connectivity index (χ2n) is 7.44. The zero-order valence-electron chi connectivity index (χ0n) is 16.9. The van der Waals surface area contributed by atoms with Crippen LogP contribution in [-0.2, 0) is 22.6 Å². The number of hydrogen-bond acceptors (Lipinski definition) is 6. The van der Waals surface area contributed by atoms with E-state index >= 15 is 0 Å². The first-order valence-electron chi connectivity index (χ1n) is 10.3. The molecule has 1 unspecified atom stereocenters. The lowest BCUT2D eigenvalue weighted by Crippen LogP contribution is -2.24. The van der Waals surface area contributed by atoms with Gasteiger partial charge in [0, 0.05) is 34.1 Å². The lowest BCUT2D eigenvalue weighted by atomic mass is 10.1. The Morgan fingerprint density at radius 1 is 1.29 bits per heavy atom. The fourth-order valence-corrected chi connectivity index (χ4v) is 5.21. The number of nitrogens with zero attached hydrogens (tertiary/aromatic N) is 3. The highest BCUT2D eigenvalue weighted by Crippen LogP contribution is 2.31. The van der Waals surface area contributed by atoms with E-state index in [1.165, 1.54) is 11.8 Å². The van der Waals surface area contributed by atoms with Crippen LogP contribution >= 0.6 is 23.1 Å². The number of thiophene rings is 1. The monoisotopic (exact) mass is 453 g/mol. The van der Waals surface area contributed by atoms with Crippen molar-refractivity contribution in [3.8, 4) is 11.4 Å². The molecule has 0 aliphatic carbocycles. The van der Waals surface area contributed by atoms with Crippen molar-refractivity contribution < 1.29 is 9.53 Å². The average molecular weight is 454 g/mol. The molecule has 4 heterocycles. The summed E-state index contributed by atoms with van der Waals surface area (Å²) in [6.45, 7) is 2.03. The molecule has 1 aliphatic heterocycles. The van der Waals surface area contributed by atoms with Crippen molar-refractivity contribution in [1.82, 2.24) is 25.1 Å². The van der Waals surface area contributed by atoms with Gasteiger partial charge in [0.05, 0.1) is 24.9 Å². The van der Waals surface area contributed by atoms with Gasteiger partial charge >= 0.3 is 0 Å². The molecule has 1 aliphatic rings. The normalized spacial score (nSPS) is 16.2. The van der Waals surface area contributed by atoms with Gasteiger partial charge in [0.25, 0.3) is 0 Å². The first kappa shape index (κ1) is 20.3. The number of amides is 1. The maximum absolute atomic E-state index is 12.4. The highest BCUT2D eigenvalue weighted by Gasteiger charge is 2.23. The van der Waals surface area contributed by atoms with E-state index in [4.69, 9.17) is 4.74 Å². The quantitative estimate of drug-likeness (QED) is 0.393. The number of rotatable bonds is 8. The first-order chi connectivity index (χ1) is 15.3. The Balaban J connectivity index is 1.36. The number of carbonyl (C=O) groups excluding carboxylic acids is 1. The highest BCUT2D eigenvalue weighted by atomic mass is 32.2. The first-order valence-corrected chi connectivity index (χ1v) is 12.2. The van der Waals surface area contributed by atoms with Crippen LogP contribution in [0.15, 0.2) is 53.1 Å². The van der Waals surface area contributed by atoms with E-state index in [0.29, 0.717) is 18.8 Å². The Bertz CT molecular complexity index is 1160. The number of aromatic amines is 1. The average Bonchev–Trinajstić information content (AvgIpc) is 3.59. The van der Waals surface area contributed by atoms with Gasteiger partial charge in [-0.2, -0.15) is 0 Å². The molecule has 1 saturated heterocycles. The molecule has 0 saturated carbocycles. The minimum Gasteiger partial charge on any atom is -0.376 e. The number of fused-ring (bicyclic) bond motifs is 1. The van der Waals surface area contributed by atoms with Crippen molar-refractivity contribution >= 4 is 39.9 Å². The van der Waals surface area contributed by atoms with Gasteiger partial charge in [-0.3, -0.25) is 9.36 Å². The van der Waals surface area contributed by atoms with Crippen LogP contribution in [0.5, 0.6) is 0 Å². The summed E-state index contributed by atoms with van der Waals surface area (Å²) in [4.78, 5) is 16.8. The number of H-pyrrole nitrogens is 1. The minimum atomic E-state index is -0.0151. The van der Waals surface area contributed by atoms with E-state index in [2.05, 4.69) is 31.1 Å². The van der Waals surface area contributed by atoms with Crippen molar-refractivity contribution in [3.63, 3.8) is 0 Å². The molecule has 5 rings (SSSR count). The summed E-state index contributed by atoms with van der Waals surface area (Å²) < 4.78 is 7.98. The molecule has 0 radical (unpaired) electrons. The SMILES string of the molecule is O=C(CSc1nnc(-c2c[nH]c3ccccc23)n1CC1CCCO1)NCc1cccs1. The minimum absolute atomic E-state index is 0.0151. The molecule has 1 fully saturated rings. The summed E-state index contributed by atoms with van der Waals surface area (Å²) in [6.07, 6.45) is 4.22. The molecule has 160 valence electrons. The van der Waals surface area contributed by atoms with Gasteiger partial charge in [-0.15, -0.1) is 21.5 Å². The number of benzene rings is 1. The van der Waals surface area contributed by atoms with Gasteiger partial charge in [-0.1, -0.05) is 36.0 Å². The fourth-order valence-electron chi connectivity index (χ4n) is 3.79. The molecule has 31 heavy (non-hydrogen) atoms. The van der Waals surface area contributed by atoms with E-state index in [0.717, 1.165) is 51.8 Å². The van der Waals surface area contributed by atoms with Crippen molar-refractivity contribution in [2.24, 2.45) is 0 Å². The van der Waals surface area contributed by atoms with Gasteiger partial charge in [0.15, 0.2) is 11.0 Å². The van der Waals surface area contributed by atoms with Crippen molar-refractivity contribution in [2.75, 3.05) is 12.4 Å². The lowest BCUT2D eigenvalue weighted by molar-refractivity contribution is -0.118. The molecule has 3 aromatic heterocycles. The zero-order valence-corrected chi connectivity index (χ0v) is 18.5. The molecule has 1 aromatic carbocycles. The van der Waals surface area contributed by atoms with Gasteiger partial charge in [-0.25, -0.2) is 0 Å². The molecule has 7 nitrogen and oxygen atoms in total. The maximum atomic E-state index is 12.4. The van der Waals surface area contributed by atoms with E-state index in [-0.39, 0.29) is 12.0 Å². The summed E-state index contributed by atoms with van der Waals surface area (Å²) in [5.41, 5.74) is 2.07. The standard InChI is InChI=1S/C22H23N5O2S2/c28-20(24-11-16-6-4-10-30-16)14-31-22-26-25-21(27(22)13-15-5-3-9-29-15)18-12-23-19-8-2-1-7-17(18)19/h1-2,4,6-8,10,12,15,23H,3,5,9,11,13-14H2,(H,24,28). The van der Waals surface area contributed by atoms with E-state index in [1.807, 2.05) is 41.9 Å². The second-order valence-corrected chi connectivity index (χ2v) is 9.42. The van der Waals surface area contributed by atoms with Gasteiger partial charge in [0.2, 0.25) is 5.91 Å².